The van der Waals surface area contributed by atoms with Crippen LogP contribution in [0.5, 0.6) is 0 Å². The van der Waals surface area contributed by atoms with E-state index in [4.69, 9.17) is 5.84 Å². The second-order valence-electron chi connectivity index (χ2n) is 5.75. The van der Waals surface area contributed by atoms with Crippen molar-refractivity contribution >= 4 is 11.8 Å². The van der Waals surface area contributed by atoms with Gasteiger partial charge in [0.1, 0.15) is 5.82 Å². The monoisotopic (exact) mass is 291 g/mol. The van der Waals surface area contributed by atoms with E-state index in [1.165, 1.54) is 0 Å². The molecule has 0 aromatic carbocycles. The molecule has 0 saturated heterocycles. The van der Waals surface area contributed by atoms with Gasteiger partial charge in [-0.25, -0.2) is 10.8 Å². The highest BCUT2D eigenvalue weighted by molar-refractivity contribution is 5.42. The maximum atomic E-state index is 12.7. The summed E-state index contributed by atoms with van der Waals surface area (Å²) in [6, 6.07) is 0.871. The van der Waals surface area contributed by atoms with Gasteiger partial charge >= 0.3 is 6.18 Å². The molecule has 0 aliphatic rings. The maximum Gasteiger partial charge on any atom is 0.433 e. The van der Waals surface area contributed by atoms with Gasteiger partial charge in [0.2, 0.25) is 5.95 Å². The number of nitrogen functional groups attached to an aromatic ring is 1. The Morgan fingerprint density at radius 2 is 1.85 bits per heavy atom. The summed E-state index contributed by atoms with van der Waals surface area (Å²) in [5, 5.41) is 2.89. The number of nitrogens with one attached hydrogen (secondary N) is 2. The van der Waals surface area contributed by atoms with Crippen LogP contribution < -0.4 is 16.6 Å². The molecule has 0 spiro atoms. The smallest absolute Gasteiger partial charge is 0.370 e. The molecule has 5 nitrogen and oxygen atoms in total. The molecule has 20 heavy (non-hydrogen) atoms. The molecule has 0 fully saturated rings. The number of anilines is 2. The highest BCUT2D eigenvalue weighted by atomic mass is 19.4. The second kappa shape index (κ2) is 5.82. The molecule has 8 heteroatoms. The van der Waals surface area contributed by atoms with Crippen molar-refractivity contribution in [2.45, 2.75) is 33.9 Å². The molecule has 0 bridgehead atoms. The van der Waals surface area contributed by atoms with Gasteiger partial charge in [-0.2, -0.15) is 18.2 Å². The van der Waals surface area contributed by atoms with Crippen molar-refractivity contribution in [1.82, 2.24) is 9.97 Å². The Morgan fingerprint density at radius 3 is 2.30 bits per heavy atom. The highest BCUT2D eigenvalue weighted by Crippen LogP contribution is 2.30. The van der Waals surface area contributed by atoms with Crippen LogP contribution in [-0.4, -0.2) is 16.5 Å². The molecule has 114 valence electrons. The first-order chi connectivity index (χ1) is 9.04. The van der Waals surface area contributed by atoms with E-state index in [0.29, 0.717) is 6.54 Å². The third kappa shape index (κ3) is 4.52. The molecule has 0 saturated carbocycles. The first kappa shape index (κ1) is 16.5. The van der Waals surface area contributed by atoms with Gasteiger partial charge < -0.3 is 5.32 Å². The van der Waals surface area contributed by atoms with Crippen LogP contribution in [0.25, 0.3) is 0 Å². The maximum absolute atomic E-state index is 12.7. The third-order valence-corrected chi connectivity index (χ3v) is 3.21. The van der Waals surface area contributed by atoms with E-state index in [1.807, 2.05) is 12.3 Å². The minimum atomic E-state index is -4.54. The number of hydrogen-bond donors (Lipinski definition) is 3. The number of aromatic nitrogens is 2. The summed E-state index contributed by atoms with van der Waals surface area (Å²) in [7, 11) is 0. The highest BCUT2D eigenvalue weighted by Gasteiger charge is 2.33. The van der Waals surface area contributed by atoms with Gasteiger partial charge in [-0.3, -0.25) is 5.43 Å². The van der Waals surface area contributed by atoms with E-state index < -0.39 is 11.9 Å². The molecular formula is C12H20F3N5. The lowest BCUT2D eigenvalue weighted by Gasteiger charge is -2.27. The summed E-state index contributed by atoms with van der Waals surface area (Å²) in [4.78, 5) is 7.15. The van der Waals surface area contributed by atoms with E-state index in [2.05, 4.69) is 36.1 Å². The average molecular weight is 291 g/mol. The third-order valence-electron chi connectivity index (χ3n) is 3.21. The van der Waals surface area contributed by atoms with Crippen molar-refractivity contribution in [1.29, 1.82) is 0 Å². The molecule has 1 aromatic heterocycles. The quantitative estimate of drug-likeness (QED) is 0.587. The summed E-state index contributed by atoms with van der Waals surface area (Å²) in [5.41, 5.74) is 1.04. The van der Waals surface area contributed by atoms with Crippen LogP contribution in [0.1, 0.15) is 33.4 Å². The molecule has 0 aliphatic heterocycles. The van der Waals surface area contributed by atoms with Crippen LogP contribution in [0, 0.1) is 11.3 Å². The number of hydrogen-bond acceptors (Lipinski definition) is 5. The number of halogens is 3. The molecule has 1 unspecified atom stereocenters. The predicted molar refractivity (Wildman–Crippen MR) is 72.0 cm³/mol. The first-order valence-corrected chi connectivity index (χ1v) is 6.21. The molecule has 1 atom stereocenters. The van der Waals surface area contributed by atoms with E-state index >= 15 is 0 Å². The van der Waals surface area contributed by atoms with E-state index in [-0.39, 0.29) is 23.1 Å². The molecule has 1 rings (SSSR count). The van der Waals surface area contributed by atoms with Crippen LogP contribution >= 0.6 is 0 Å². The fourth-order valence-corrected chi connectivity index (χ4v) is 1.31. The Balaban J connectivity index is 2.90. The minimum Gasteiger partial charge on any atom is -0.370 e. The lowest BCUT2D eigenvalue weighted by molar-refractivity contribution is -0.141. The Hall–Kier alpha value is -1.57. The van der Waals surface area contributed by atoms with Gasteiger partial charge in [-0.1, -0.05) is 27.7 Å². The number of hydrazine groups is 1. The SMILES string of the molecule is CC(CNc1cc(C(F)(F)F)nc(NN)n1)C(C)(C)C. The van der Waals surface area contributed by atoms with Gasteiger partial charge in [-0.05, 0) is 11.3 Å². The van der Waals surface area contributed by atoms with E-state index in [0.717, 1.165) is 6.07 Å². The average Bonchev–Trinajstić information content (AvgIpc) is 2.33. The predicted octanol–water partition coefficient (Wildman–Crippen LogP) is 2.88. The van der Waals surface area contributed by atoms with Gasteiger partial charge in [-0.15, -0.1) is 0 Å². The normalized spacial score (nSPS) is 14.0. The lowest BCUT2D eigenvalue weighted by Crippen LogP contribution is -2.25. The number of nitrogens with two attached hydrogens (primary N) is 1. The summed E-state index contributed by atoms with van der Waals surface area (Å²) < 4.78 is 38.1. The Morgan fingerprint density at radius 1 is 1.25 bits per heavy atom. The van der Waals surface area contributed by atoms with Crippen molar-refractivity contribution < 1.29 is 13.2 Å². The lowest BCUT2D eigenvalue weighted by atomic mass is 9.82. The van der Waals surface area contributed by atoms with Gasteiger partial charge in [0, 0.05) is 12.6 Å². The Labute approximate surface area is 116 Å². The van der Waals surface area contributed by atoms with Crippen LogP contribution in [0.4, 0.5) is 24.9 Å². The molecular weight excluding hydrogens is 271 g/mol. The first-order valence-electron chi connectivity index (χ1n) is 6.21. The summed E-state index contributed by atoms with van der Waals surface area (Å²) in [6.07, 6.45) is -4.54. The van der Waals surface area contributed by atoms with E-state index in [1.54, 1.807) is 0 Å². The Kier molecular flexibility index (Phi) is 4.80. The van der Waals surface area contributed by atoms with Gasteiger partial charge in [0.05, 0.1) is 0 Å². The summed E-state index contributed by atoms with van der Waals surface area (Å²) in [6.45, 7) is 8.71. The molecule has 0 radical (unpaired) electrons. The topological polar surface area (TPSA) is 75.9 Å². The van der Waals surface area contributed by atoms with Crippen molar-refractivity contribution in [3.8, 4) is 0 Å². The minimum absolute atomic E-state index is 0.0435. The van der Waals surface area contributed by atoms with Crippen LogP contribution in [0.15, 0.2) is 6.07 Å². The van der Waals surface area contributed by atoms with Crippen LogP contribution in [-0.2, 0) is 6.18 Å². The zero-order valence-corrected chi connectivity index (χ0v) is 12.0. The van der Waals surface area contributed by atoms with Crippen molar-refractivity contribution in [3.63, 3.8) is 0 Å². The molecule has 4 N–H and O–H groups in total. The van der Waals surface area contributed by atoms with Gasteiger partial charge in [0.25, 0.3) is 0 Å². The van der Waals surface area contributed by atoms with Gasteiger partial charge in [0.15, 0.2) is 5.69 Å². The number of alkyl halides is 3. The molecule has 0 aliphatic carbocycles. The molecule has 0 amide bonds. The fourth-order valence-electron chi connectivity index (χ4n) is 1.31. The molecule has 1 aromatic rings. The van der Waals surface area contributed by atoms with Crippen LogP contribution in [0.2, 0.25) is 0 Å². The fraction of sp³-hybridized carbons (Fsp3) is 0.667. The van der Waals surface area contributed by atoms with Crippen molar-refractivity contribution in [3.05, 3.63) is 11.8 Å². The zero-order valence-electron chi connectivity index (χ0n) is 12.0. The van der Waals surface area contributed by atoms with Crippen LogP contribution in [0.3, 0.4) is 0 Å². The largest absolute Gasteiger partial charge is 0.433 e. The number of rotatable bonds is 4. The second-order valence-corrected chi connectivity index (χ2v) is 5.75. The Bertz CT molecular complexity index is 453. The number of nitrogens with zero attached hydrogens (tertiary/aromatic N) is 2. The zero-order chi connectivity index (χ0) is 15.6. The molecule has 1 heterocycles. The summed E-state index contributed by atoms with van der Waals surface area (Å²) >= 11 is 0. The van der Waals surface area contributed by atoms with Crippen molar-refractivity contribution in [2.75, 3.05) is 17.3 Å². The summed E-state index contributed by atoms with van der Waals surface area (Å²) in [5.74, 6) is 5.16. The van der Waals surface area contributed by atoms with Crippen molar-refractivity contribution in [2.24, 2.45) is 17.2 Å². The standard InChI is InChI=1S/C12H20F3N5/c1-7(11(2,3)4)6-17-9-5-8(12(13,14)15)18-10(19-9)20-16/h5,7H,6,16H2,1-4H3,(H2,17,18,19,20). The van der Waals surface area contributed by atoms with E-state index in [9.17, 15) is 13.2 Å².